The monoisotopic (exact) mass is 523 g/mol. The Bertz CT molecular complexity index is 1210. The Balaban J connectivity index is 1.40. The molecule has 2 aliphatic rings. The quantitative estimate of drug-likeness (QED) is 0.351. The number of para-hydroxylation sites is 1. The fourth-order valence-electron chi connectivity index (χ4n) is 3.91. The molecule has 1 aliphatic carbocycles. The second-order valence-corrected chi connectivity index (χ2v) is 10.4. The molecule has 196 valence electrons. The summed E-state index contributed by atoms with van der Waals surface area (Å²) < 4.78 is 42.8. The molecule has 0 spiro atoms. The Hall–Kier alpha value is -2.76. The van der Waals surface area contributed by atoms with Gasteiger partial charge in [-0.2, -0.15) is 5.09 Å². The number of nitrogens with zero attached hydrogens (tertiary/aromatic N) is 1. The van der Waals surface area contributed by atoms with Crippen molar-refractivity contribution in [2.24, 2.45) is 0 Å². The van der Waals surface area contributed by atoms with Crippen LogP contribution in [0.2, 0.25) is 0 Å². The molecule has 4 atom stereocenters. The summed E-state index contributed by atoms with van der Waals surface area (Å²) in [4.78, 5) is 38.5. The molecule has 36 heavy (non-hydrogen) atoms. The third-order valence-corrected chi connectivity index (χ3v) is 7.47. The second-order valence-electron chi connectivity index (χ2n) is 8.72. The first-order valence-electron chi connectivity index (χ1n) is 11.8. The van der Waals surface area contributed by atoms with E-state index in [1.54, 1.807) is 37.3 Å². The van der Waals surface area contributed by atoms with Gasteiger partial charge < -0.3 is 18.7 Å². The summed E-state index contributed by atoms with van der Waals surface area (Å²) in [6.07, 6.45) is 3.06. The van der Waals surface area contributed by atoms with E-state index in [0.717, 1.165) is 25.7 Å². The highest BCUT2D eigenvalue weighted by Gasteiger charge is 2.36. The van der Waals surface area contributed by atoms with Crippen molar-refractivity contribution < 1.29 is 32.6 Å². The van der Waals surface area contributed by atoms with Crippen molar-refractivity contribution in [3.63, 3.8) is 0 Å². The fourth-order valence-corrected chi connectivity index (χ4v) is 5.39. The van der Waals surface area contributed by atoms with E-state index in [1.807, 2.05) is 0 Å². The van der Waals surface area contributed by atoms with Gasteiger partial charge in [0, 0.05) is 11.8 Å². The van der Waals surface area contributed by atoms with Crippen LogP contribution < -0.4 is 20.9 Å². The van der Waals surface area contributed by atoms with E-state index >= 15 is 0 Å². The highest BCUT2D eigenvalue weighted by molar-refractivity contribution is 7.52. The summed E-state index contributed by atoms with van der Waals surface area (Å²) >= 11 is 0. The molecular weight excluding hydrogens is 493 g/mol. The van der Waals surface area contributed by atoms with Crippen LogP contribution in [0.15, 0.2) is 46.1 Å². The zero-order chi connectivity index (χ0) is 25.7. The van der Waals surface area contributed by atoms with Gasteiger partial charge in [0.05, 0.1) is 6.61 Å². The van der Waals surface area contributed by atoms with Crippen LogP contribution >= 0.6 is 7.75 Å². The Morgan fingerprint density at radius 3 is 2.69 bits per heavy atom. The zero-order valence-corrected chi connectivity index (χ0v) is 21.0. The minimum Gasteiger partial charge on any atom is -0.461 e. The van der Waals surface area contributed by atoms with Crippen molar-refractivity contribution in [3.8, 4) is 5.75 Å². The van der Waals surface area contributed by atoms with E-state index in [1.165, 1.54) is 17.7 Å². The molecule has 1 aliphatic heterocycles. The molecule has 13 heteroatoms. The number of ether oxygens (including phenoxy) is 3. The van der Waals surface area contributed by atoms with Gasteiger partial charge in [-0.1, -0.05) is 18.2 Å². The lowest BCUT2D eigenvalue weighted by atomic mass is 10.3. The van der Waals surface area contributed by atoms with Crippen LogP contribution in [-0.4, -0.2) is 47.2 Å². The van der Waals surface area contributed by atoms with Crippen molar-refractivity contribution in [1.29, 1.82) is 0 Å². The number of aromatic nitrogens is 2. The number of aryl methyl sites for hydroxylation is 1. The molecule has 2 N–H and O–H groups in total. The molecule has 0 amide bonds. The Morgan fingerprint density at radius 1 is 1.25 bits per heavy atom. The van der Waals surface area contributed by atoms with E-state index in [4.69, 9.17) is 23.3 Å². The standard InChI is InChI=1S/C23H30N3O9P/c1-15-12-26(23(29)24-21(15)27)19-13-31-20(34-19)14-32-36(30,35-18-10-4-3-5-11-18)25-16(2)22(28)33-17-8-6-7-9-17/h3-5,10-12,16-17,19-20H,6-9,13-14H2,1-2H3,(H,25,30)(H,24,27,29)/t16?,19-,20-,36?/m1/s1. The van der Waals surface area contributed by atoms with E-state index in [2.05, 4.69) is 10.1 Å². The largest absolute Gasteiger partial charge is 0.461 e. The number of H-pyrrole nitrogens is 1. The van der Waals surface area contributed by atoms with Crippen LogP contribution in [0.5, 0.6) is 5.75 Å². The summed E-state index contributed by atoms with van der Waals surface area (Å²) in [6, 6.07) is 7.41. The van der Waals surface area contributed by atoms with Gasteiger partial charge in [0.15, 0.2) is 12.5 Å². The number of rotatable bonds is 10. The maximum Gasteiger partial charge on any atom is 0.459 e. The molecule has 2 fully saturated rings. The highest BCUT2D eigenvalue weighted by Crippen LogP contribution is 2.45. The number of benzene rings is 1. The average molecular weight is 523 g/mol. The summed E-state index contributed by atoms with van der Waals surface area (Å²) in [5.41, 5.74) is -0.794. The number of esters is 1. The first-order valence-corrected chi connectivity index (χ1v) is 13.3. The number of hydrogen-bond donors (Lipinski definition) is 2. The number of hydrogen-bond acceptors (Lipinski definition) is 9. The maximum absolute atomic E-state index is 13.6. The number of aromatic amines is 1. The van der Waals surface area contributed by atoms with Crippen LogP contribution in [0.25, 0.3) is 0 Å². The molecule has 1 saturated carbocycles. The van der Waals surface area contributed by atoms with Gasteiger partial charge in [-0.15, -0.1) is 0 Å². The van der Waals surface area contributed by atoms with Crippen LogP contribution in [-0.2, 0) is 28.1 Å². The summed E-state index contributed by atoms with van der Waals surface area (Å²) in [5, 5.41) is 2.64. The molecule has 1 aromatic carbocycles. The maximum atomic E-state index is 13.6. The number of carbonyl (C=O) groups is 1. The molecule has 2 aromatic rings. The summed E-state index contributed by atoms with van der Waals surface area (Å²) in [7, 11) is -4.09. The van der Waals surface area contributed by atoms with Crippen LogP contribution in [0.3, 0.4) is 0 Å². The average Bonchev–Trinajstić information content (AvgIpc) is 3.53. The fraction of sp³-hybridized carbons (Fsp3) is 0.522. The number of nitrogens with one attached hydrogen (secondary N) is 2. The van der Waals surface area contributed by atoms with Gasteiger partial charge in [0.25, 0.3) is 5.56 Å². The number of carbonyl (C=O) groups excluding carboxylic acids is 1. The summed E-state index contributed by atoms with van der Waals surface area (Å²) in [6.45, 7) is 2.76. The van der Waals surface area contributed by atoms with E-state index in [-0.39, 0.29) is 25.1 Å². The Kier molecular flexibility index (Phi) is 8.43. The molecule has 1 saturated heterocycles. The normalized spacial score (nSPS) is 22.7. The van der Waals surface area contributed by atoms with Gasteiger partial charge in [-0.25, -0.2) is 9.36 Å². The first-order chi connectivity index (χ1) is 17.2. The van der Waals surface area contributed by atoms with E-state index in [9.17, 15) is 18.9 Å². The molecular formula is C23H30N3O9P. The van der Waals surface area contributed by atoms with Gasteiger partial charge >= 0.3 is 19.4 Å². The van der Waals surface area contributed by atoms with Crippen LogP contribution in [0, 0.1) is 6.92 Å². The van der Waals surface area contributed by atoms with Crippen molar-refractivity contribution in [2.45, 2.75) is 64.2 Å². The molecule has 12 nitrogen and oxygen atoms in total. The molecule has 0 radical (unpaired) electrons. The predicted octanol–water partition coefficient (Wildman–Crippen LogP) is 2.38. The van der Waals surface area contributed by atoms with Crippen LogP contribution in [0.1, 0.15) is 44.4 Å². The minimum absolute atomic E-state index is 0.000800. The van der Waals surface area contributed by atoms with Gasteiger partial charge in [-0.3, -0.25) is 23.7 Å². The predicted molar refractivity (Wildman–Crippen MR) is 127 cm³/mol. The van der Waals surface area contributed by atoms with Crippen molar-refractivity contribution in [3.05, 3.63) is 62.9 Å². The Labute approximate surface area is 207 Å². The molecule has 1 aromatic heterocycles. The molecule has 2 unspecified atom stereocenters. The van der Waals surface area contributed by atoms with Crippen LogP contribution in [0.4, 0.5) is 0 Å². The van der Waals surface area contributed by atoms with Crippen molar-refractivity contribution in [1.82, 2.24) is 14.6 Å². The Morgan fingerprint density at radius 2 is 1.97 bits per heavy atom. The van der Waals surface area contributed by atoms with Gasteiger partial charge in [0.1, 0.15) is 24.5 Å². The van der Waals surface area contributed by atoms with Gasteiger partial charge in [0.2, 0.25) is 0 Å². The summed E-state index contributed by atoms with van der Waals surface area (Å²) in [5.74, 6) is -0.283. The smallest absolute Gasteiger partial charge is 0.459 e. The van der Waals surface area contributed by atoms with E-state index < -0.39 is 43.5 Å². The minimum atomic E-state index is -4.09. The molecule has 2 heterocycles. The topological polar surface area (TPSA) is 147 Å². The van der Waals surface area contributed by atoms with Crippen molar-refractivity contribution in [2.75, 3.05) is 13.2 Å². The SMILES string of the molecule is Cc1cn([C@H]2CO[C@@H](COP(=O)(NC(C)C(=O)OC3CCCC3)Oc3ccccc3)O2)c(=O)[nH]c1=O. The van der Waals surface area contributed by atoms with E-state index in [0.29, 0.717) is 5.56 Å². The first kappa shape index (κ1) is 26.3. The third kappa shape index (κ3) is 6.71. The molecule has 4 rings (SSSR count). The van der Waals surface area contributed by atoms with Gasteiger partial charge in [-0.05, 0) is 51.7 Å². The zero-order valence-electron chi connectivity index (χ0n) is 20.1. The second kappa shape index (κ2) is 11.5. The highest BCUT2D eigenvalue weighted by atomic mass is 31.2. The third-order valence-electron chi connectivity index (χ3n) is 5.83. The lowest BCUT2D eigenvalue weighted by Crippen LogP contribution is -2.37. The lowest BCUT2D eigenvalue weighted by molar-refractivity contribution is -0.150. The van der Waals surface area contributed by atoms with Crippen molar-refractivity contribution >= 4 is 13.7 Å². The molecule has 0 bridgehead atoms. The lowest BCUT2D eigenvalue weighted by Gasteiger charge is -2.24.